The van der Waals surface area contributed by atoms with Crippen LogP contribution in [0.2, 0.25) is 0 Å². The monoisotopic (exact) mass is 256 g/mol. The Kier molecular flexibility index (Phi) is 6.75. The van der Waals surface area contributed by atoms with E-state index in [-0.39, 0.29) is 12.0 Å². The maximum absolute atomic E-state index is 11.8. The Hall–Kier alpha value is 0.160. The van der Waals surface area contributed by atoms with Gasteiger partial charge < -0.3 is 0 Å². The minimum Gasteiger partial charge on any atom is -0.199 e. The van der Waals surface area contributed by atoms with Crippen LogP contribution in [0.25, 0.3) is 0 Å². The first-order chi connectivity index (χ1) is 6.88. The van der Waals surface area contributed by atoms with Crippen molar-refractivity contribution in [3.63, 3.8) is 0 Å². The molecule has 0 rings (SSSR count). The molecule has 0 aromatic heterocycles. The van der Waals surface area contributed by atoms with Crippen molar-refractivity contribution in [1.29, 1.82) is 0 Å². The third-order valence-electron chi connectivity index (χ3n) is 2.48. The molecule has 2 unspecified atom stereocenters. The molecule has 92 valence electrons. The van der Waals surface area contributed by atoms with E-state index in [9.17, 15) is 8.42 Å². The molecule has 4 nitrogen and oxygen atoms in total. The van der Waals surface area contributed by atoms with Crippen molar-refractivity contribution < 1.29 is 8.42 Å². The van der Waals surface area contributed by atoms with Gasteiger partial charge in [-0.2, -0.15) is 17.4 Å². The van der Waals surface area contributed by atoms with Gasteiger partial charge in [-0.3, -0.25) is 0 Å². The maximum atomic E-state index is 11.8. The van der Waals surface area contributed by atoms with Gasteiger partial charge in [0.15, 0.2) is 0 Å². The van der Waals surface area contributed by atoms with E-state index < -0.39 is 10.2 Å². The normalized spacial score (nSPS) is 16.7. The lowest BCUT2D eigenvalue weighted by molar-refractivity contribution is 0.410. The molecule has 6 heteroatoms. The van der Waals surface area contributed by atoms with Gasteiger partial charge in [0.1, 0.15) is 0 Å². The highest BCUT2D eigenvalue weighted by molar-refractivity contribution is 7.87. The standard InChI is InChI=1S/C9H21ClN2O2S/c1-5-12(6-2)15(13,14)11-9(4)8(3)7-10/h8-9,11H,5-7H2,1-4H3. The second-order valence-electron chi connectivity index (χ2n) is 3.63. The molecule has 0 aromatic rings. The van der Waals surface area contributed by atoms with Crippen LogP contribution in [0.3, 0.4) is 0 Å². The van der Waals surface area contributed by atoms with Gasteiger partial charge in [0.2, 0.25) is 0 Å². The summed E-state index contributed by atoms with van der Waals surface area (Å²) in [6.07, 6.45) is 0. The molecule has 0 heterocycles. The average molecular weight is 257 g/mol. The number of nitrogens with one attached hydrogen (secondary N) is 1. The van der Waals surface area contributed by atoms with Gasteiger partial charge in [0.05, 0.1) is 0 Å². The number of alkyl halides is 1. The van der Waals surface area contributed by atoms with E-state index in [1.165, 1.54) is 4.31 Å². The molecule has 1 N–H and O–H groups in total. The Morgan fingerprint density at radius 1 is 1.27 bits per heavy atom. The Labute approximate surface area is 98.2 Å². The van der Waals surface area contributed by atoms with Crippen LogP contribution in [-0.4, -0.2) is 37.7 Å². The van der Waals surface area contributed by atoms with Crippen LogP contribution in [0, 0.1) is 5.92 Å². The Morgan fingerprint density at radius 2 is 1.73 bits per heavy atom. The predicted molar refractivity (Wildman–Crippen MR) is 64.3 cm³/mol. The van der Waals surface area contributed by atoms with Gasteiger partial charge in [-0.1, -0.05) is 20.8 Å². The van der Waals surface area contributed by atoms with Crippen LogP contribution in [-0.2, 0) is 10.2 Å². The van der Waals surface area contributed by atoms with Crippen LogP contribution >= 0.6 is 11.6 Å². The van der Waals surface area contributed by atoms with Gasteiger partial charge in [0, 0.05) is 25.0 Å². The molecule has 0 saturated carbocycles. The molecule has 0 fully saturated rings. The lowest BCUT2D eigenvalue weighted by Gasteiger charge is -2.24. The molecule has 0 aliphatic rings. The highest BCUT2D eigenvalue weighted by Gasteiger charge is 2.23. The van der Waals surface area contributed by atoms with E-state index in [1.807, 2.05) is 27.7 Å². The van der Waals surface area contributed by atoms with Gasteiger partial charge in [-0.25, -0.2) is 0 Å². The topological polar surface area (TPSA) is 49.4 Å². The van der Waals surface area contributed by atoms with E-state index in [0.717, 1.165) is 0 Å². The summed E-state index contributed by atoms with van der Waals surface area (Å²) in [5.41, 5.74) is 0. The van der Waals surface area contributed by atoms with Crippen molar-refractivity contribution in [2.24, 2.45) is 5.92 Å². The van der Waals surface area contributed by atoms with E-state index >= 15 is 0 Å². The van der Waals surface area contributed by atoms with Crippen LogP contribution in [0.1, 0.15) is 27.7 Å². The molecule has 0 amide bonds. The van der Waals surface area contributed by atoms with Gasteiger partial charge in [0.25, 0.3) is 10.2 Å². The SMILES string of the molecule is CCN(CC)S(=O)(=O)NC(C)C(C)CCl. The summed E-state index contributed by atoms with van der Waals surface area (Å²) in [6, 6.07) is -0.145. The average Bonchev–Trinajstić information content (AvgIpc) is 2.17. The van der Waals surface area contributed by atoms with Crippen LogP contribution in [0.4, 0.5) is 0 Å². The molecule has 0 aliphatic heterocycles. The summed E-state index contributed by atoms with van der Waals surface area (Å²) in [5.74, 6) is 0.569. The molecular weight excluding hydrogens is 236 g/mol. The summed E-state index contributed by atoms with van der Waals surface area (Å²) in [7, 11) is -3.35. The van der Waals surface area contributed by atoms with Crippen LogP contribution in [0.5, 0.6) is 0 Å². The van der Waals surface area contributed by atoms with Crippen molar-refractivity contribution in [2.75, 3.05) is 19.0 Å². The molecule has 0 aliphatic carbocycles. The molecular formula is C9H21ClN2O2S. The lowest BCUT2D eigenvalue weighted by Crippen LogP contribution is -2.46. The Morgan fingerprint density at radius 3 is 2.07 bits per heavy atom. The summed E-state index contributed by atoms with van der Waals surface area (Å²) < 4.78 is 27.6. The van der Waals surface area contributed by atoms with Crippen LogP contribution < -0.4 is 4.72 Å². The van der Waals surface area contributed by atoms with Gasteiger partial charge >= 0.3 is 0 Å². The highest BCUT2D eigenvalue weighted by atomic mass is 35.5. The van der Waals surface area contributed by atoms with E-state index in [2.05, 4.69) is 4.72 Å². The Bertz CT molecular complexity index is 265. The van der Waals surface area contributed by atoms with Crippen molar-refractivity contribution in [1.82, 2.24) is 9.03 Å². The summed E-state index contributed by atoms with van der Waals surface area (Å²) in [4.78, 5) is 0. The number of nitrogens with zero attached hydrogens (tertiary/aromatic N) is 1. The maximum Gasteiger partial charge on any atom is 0.279 e. The first kappa shape index (κ1) is 15.2. The Balaban J connectivity index is 4.50. The zero-order valence-corrected chi connectivity index (χ0v) is 11.4. The van der Waals surface area contributed by atoms with Crippen molar-refractivity contribution in [3.05, 3.63) is 0 Å². The van der Waals surface area contributed by atoms with E-state index in [0.29, 0.717) is 19.0 Å². The van der Waals surface area contributed by atoms with Crippen molar-refractivity contribution >= 4 is 21.8 Å². The zero-order chi connectivity index (χ0) is 12.1. The fourth-order valence-electron chi connectivity index (χ4n) is 1.12. The lowest BCUT2D eigenvalue weighted by atomic mass is 10.1. The summed E-state index contributed by atoms with van der Waals surface area (Å²) in [6.45, 7) is 8.34. The largest absolute Gasteiger partial charge is 0.279 e. The molecule has 0 saturated heterocycles. The third-order valence-corrected chi connectivity index (χ3v) is 4.83. The molecule has 0 bridgehead atoms. The highest BCUT2D eigenvalue weighted by Crippen LogP contribution is 2.07. The quantitative estimate of drug-likeness (QED) is 0.701. The summed E-state index contributed by atoms with van der Waals surface area (Å²) in [5, 5.41) is 0. The minimum atomic E-state index is -3.35. The molecule has 15 heavy (non-hydrogen) atoms. The second kappa shape index (κ2) is 6.68. The molecule has 0 aromatic carbocycles. The number of rotatable bonds is 7. The molecule has 0 spiro atoms. The van der Waals surface area contributed by atoms with E-state index in [1.54, 1.807) is 0 Å². The van der Waals surface area contributed by atoms with E-state index in [4.69, 9.17) is 11.6 Å². The minimum absolute atomic E-state index is 0.122. The smallest absolute Gasteiger partial charge is 0.199 e. The van der Waals surface area contributed by atoms with Gasteiger partial charge in [-0.15, -0.1) is 11.6 Å². The number of hydrogen-bond acceptors (Lipinski definition) is 2. The zero-order valence-electron chi connectivity index (χ0n) is 9.83. The van der Waals surface area contributed by atoms with Crippen molar-refractivity contribution in [2.45, 2.75) is 33.7 Å². The molecule has 2 atom stereocenters. The number of hydrogen-bond donors (Lipinski definition) is 1. The van der Waals surface area contributed by atoms with Crippen LogP contribution in [0.15, 0.2) is 0 Å². The fraction of sp³-hybridized carbons (Fsp3) is 1.00. The third kappa shape index (κ3) is 4.68. The second-order valence-corrected chi connectivity index (χ2v) is 5.64. The van der Waals surface area contributed by atoms with Gasteiger partial charge in [-0.05, 0) is 12.8 Å². The first-order valence-corrected chi connectivity index (χ1v) is 7.19. The number of halogens is 1. The molecule has 0 radical (unpaired) electrons. The predicted octanol–water partition coefficient (Wildman–Crippen LogP) is 1.43. The van der Waals surface area contributed by atoms with Crippen molar-refractivity contribution in [3.8, 4) is 0 Å². The summed E-state index contributed by atoms with van der Waals surface area (Å²) >= 11 is 5.67. The fourth-order valence-corrected chi connectivity index (χ4v) is 2.92. The first-order valence-electron chi connectivity index (χ1n) is 5.22.